The molecule has 0 atom stereocenters. The van der Waals surface area contributed by atoms with Crippen molar-refractivity contribution in [1.82, 2.24) is 0 Å². The quantitative estimate of drug-likeness (QED) is 0.582. The Balaban J connectivity index is 2.75. The minimum Gasteiger partial charge on any atom is -0.429 e. The minimum atomic E-state index is -2.03. The van der Waals surface area contributed by atoms with E-state index in [1.165, 1.54) is 0 Å². The van der Waals surface area contributed by atoms with Crippen LogP contribution in [0.5, 0.6) is 0 Å². The lowest BCUT2D eigenvalue weighted by Gasteiger charge is -2.42. The van der Waals surface area contributed by atoms with Crippen LogP contribution in [-0.4, -0.2) is 59.9 Å². The van der Waals surface area contributed by atoms with Gasteiger partial charge in [-0.15, -0.1) is 0 Å². The first-order valence-corrected chi connectivity index (χ1v) is 29.6. The van der Waals surface area contributed by atoms with Gasteiger partial charge >= 0.3 is 8.32 Å². The molecule has 0 aromatic carbocycles. The predicted octanol–water partition coefficient (Wildman–Crippen LogP) is -1.51. The molecule has 1 saturated heterocycles. The Hall–Kier alpha value is 1.40. The van der Waals surface area contributed by atoms with E-state index in [1.54, 1.807) is 0 Å². The van der Waals surface area contributed by atoms with E-state index in [2.05, 4.69) is 39.3 Å². The van der Waals surface area contributed by atoms with Gasteiger partial charge in [-0.3, -0.25) is 0 Å². The van der Waals surface area contributed by atoms with Gasteiger partial charge in [0.25, 0.3) is 0 Å². The summed E-state index contributed by atoms with van der Waals surface area (Å²) in [6.07, 6.45) is 0. The summed E-state index contributed by atoms with van der Waals surface area (Å²) >= 11 is 0. The molecule has 0 spiro atoms. The fourth-order valence-electron chi connectivity index (χ4n) is 1.86. The van der Waals surface area contributed by atoms with Gasteiger partial charge in [0, 0.05) is 17.1 Å². The van der Waals surface area contributed by atoms with Crippen LogP contribution in [0, 0.1) is 0 Å². The van der Waals surface area contributed by atoms with Crippen molar-refractivity contribution in [3.63, 3.8) is 0 Å². The van der Waals surface area contributed by atoms with E-state index in [-0.39, 0.29) is 17.8 Å². The van der Waals surface area contributed by atoms with Crippen molar-refractivity contribution >= 4 is 59.9 Å². The fourth-order valence-corrected chi connectivity index (χ4v) is 103. The summed E-state index contributed by atoms with van der Waals surface area (Å²) in [4.78, 5) is 0. The molecule has 96 valence electrons. The van der Waals surface area contributed by atoms with Crippen LogP contribution in [0.25, 0.3) is 0 Å². The molecule has 1 fully saturated rings. The van der Waals surface area contributed by atoms with E-state index < -0.39 is 25.0 Å². The third kappa shape index (κ3) is 5.83. The van der Waals surface area contributed by atoms with E-state index in [0.717, 1.165) is 0 Å². The maximum atomic E-state index is 6.46. The number of rotatable bonds is 4. The summed E-state index contributed by atoms with van der Waals surface area (Å²) < 4.78 is 19.2. The number of hydrogen-bond donors (Lipinski definition) is 0. The van der Waals surface area contributed by atoms with Crippen LogP contribution >= 0.6 is 0 Å². The van der Waals surface area contributed by atoms with Crippen molar-refractivity contribution < 1.29 is 12.3 Å². The van der Waals surface area contributed by atoms with Crippen LogP contribution in [-0.2, 0) is 12.3 Å². The molecule has 1 rings (SSSR count). The summed E-state index contributed by atoms with van der Waals surface area (Å²) in [6.45, 7) is 13.7. The second kappa shape index (κ2) is 5.58. The largest absolute Gasteiger partial charge is 0.429 e. The highest BCUT2D eigenvalue weighted by Gasteiger charge is 2.47. The van der Waals surface area contributed by atoms with Crippen LogP contribution in [0.4, 0.5) is 0 Å². The van der Waals surface area contributed by atoms with Gasteiger partial charge in [0.05, 0.1) is 8.55 Å². The SMILES string of the molecule is C[Si](C)(C)O[Si]1(O[Si](C)(C)C)O[SiH2][SiH2][SiH2][SiH2]1. The van der Waals surface area contributed by atoms with Gasteiger partial charge in [0.15, 0.2) is 16.6 Å². The Bertz CT molecular complexity index is 211. The molecule has 0 radical (unpaired) electrons. The smallest absolute Gasteiger partial charge is 0.427 e. The van der Waals surface area contributed by atoms with Gasteiger partial charge in [-0.05, 0) is 39.3 Å². The molecule has 16 heavy (non-hydrogen) atoms. The lowest BCUT2D eigenvalue weighted by molar-refractivity contribution is 0.295. The third-order valence-electron chi connectivity index (χ3n) is 2.12. The van der Waals surface area contributed by atoms with Gasteiger partial charge in [-0.2, -0.15) is 0 Å². The molecule has 1 aliphatic rings. The summed E-state index contributed by atoms with van der Waals surface area (Å²) in [5, 5.41) is 0. The van der Waals surface area contributed by atoms with Gasteiger partial charge in [-0.1, -0.05) is 0 Å². The van der Waals surface area contributed by atoms with E-state index in [0.29, 0.717) is 17.1 Å². The van der Waals surface area contributed by atoms with E-state index in [4.69, 9.17) is 12.3 Å². The zero-order valence-electron chi connectivity index (χ0n) is 11.6. The second-order valence-electron chi connectivity index (χ2n) is 6.42. The van der Waals surface area contributed by atoms with E-state index >= 15 is 0 Å². The van der Waals surface area contributed by atoms with Crippen molar-refractivity contribution in [3.05, 3.63) is 0 Å². The average molecular weight is 343 g/mol. The Labute approximate surface area is 111 Å². The average Bonchev–Trinajstić information content (AvgIpc) is 1.97. The topological polar surface area (TPSA) is 27.7 Å². The highest BCUT2D eigenvalue weighted by atomic mass is 29.9. The van der Waals surface area contributed by atoms with E-state index in [9.17, 15) is 0 Å². The Morgan fingerprint density at radius 1 is 0.875 bits per heavy atom. The van der Waals surface area contributed by atoms with Gasteiger partial charge in [-0.25, -0.2) is 0 Å². The fraction of sp³-hybridized carbons (Fsp3) is 1.00. The standard InChI is InChI=1S/C6H26O3Si7/c1-14(2,3)8-16(9-15(4,5)6)7-10-11-12-13-16/h10-13H2,1-6H3. The first-order chi connectivity index (χ1) is 7.12. The van der Waals surface area contributed by atoms with Gasteiger partial charge < -0.3 is 12.3 Å². The van der Waals surface area contributed by atoms with Crippen molar-refractivity contribution in [1.29, 1.82) is 0 Å². The molecule has 1 heterocycles. The zero-order chi connectivity index (χ0) is 12.4. The maximum absolute atomic E-state index is 6.46. The molecular weight excluding hydrogens is 317 g/mol. The van der Waals surface area contributed by atoms with Crippen LogP contribution in [0.15, 0.2) is 0 Å². The molecule has 0 N–H and O–H groups in total. The van der Waals surface area contributed by atoms with E-state index in [1.807, 2.05) is 0 Å². The molecule has 10 heteroatoms. The minimum absolute atomic E-state index is 0.0670. The maximum Gasteiger partial charge on any atom is 0.427 e. The van der Waals surface area contributed by atoms with Crippen molar-refractivity contribution in [3.8, 4) is 0 Å². The zero-order valence-corrected chi connectivity index (χ0v) is 20.2. The first kappa shape index (κ1) is 15.5. The van der Waals surface area contributed by atoms with Crippen LogP contribution in [0.1, 0.15) is 0 Å². The molecule has 0 aromatic heterocycles. The molecule has 0 amide bonds. The Kier molecular flexibility index (Phi) is 5.39. The lowest BCUT2D eigenvalue weighted by atomic mass is 11.8. The Morgan fingerprint density at radius 3 is 1.69 bits per heavy atom. The normalized spacial score (nSPS) is 28.1. The summed E-state index contributed by atoms with van der Waals surface area (Å²) in [5.41, 5.74) is 0. The first-order valence-electron chi connectivity index (χ1n) is 6.16. The summed E-state index contributed by atoms with van der Waals surface area (Å²) in [6, 6.07) is 0. The summed E-state index contributed by atoms with van der Waals surface area (Å²) in [7, 11) is -4.52. The molecule has 0 aromatic rings. The highest BCUT2D eigenvalue weighted by Crippen LogP contribution is 2.21. The molecule has 0 saturated carbocycles. The van der Waals surface area contributed by atoms with Gasteiger partial charge in [0.2, 0.25) is 0 Å². The molecule has 0 aliphatic carbocycles. The molecule has 3 nitrogen and oxygen atoms in total. The Morgan fingerprint density at radius 2 is 1.38 bits per heavy atom. The monoisotopic (exact) mass is 342 g/mol. The molecule has 0 unspecified atom stereocenters. The lowest BCUT2D eigenvalue weighted by Crippen LogP contribution is -2.66. The molecule has 0 bridgehead atoms. The third-order valence-corrected chi connectivity index (χ3v) is 64.2. The van der Waals surface area contributed by atoms with Crippen LogP contribution in [0.3, 0.4) is 0 Å². The van der Waals surface area contributed by atoms with Gasteiger partial charge in [0.1, 0.15) is 9.28 Å². The predicted molar refractivity (Wildman–Crippen MR) is 89.9 cm³/mol. The van der Waals surface area contributed by atoms with Crippen molar-refractivity contribution in [2.24, 2.45) is 0 Å². The summed E-state index contributed by atoms with van der Waals surface area (Å²) in [5.74, 6) is 0. The van der Waals surface area contributed by atoms with Crippen molar-refractivity contribution in [2.75, 3.05) is 0 Å². The highest BCUT2D eigenvalue weighted by molar-refractivity contribution is 7.60. The van der Waals surface area contributed by atoms with Crippen molar-refractivity contribution in [2.45, 2.75) is 39.3 Å². The van der Waals surface area contributed by atoms with Crippen LogP contribution in [0.2, 0.25) is 39.3 Å². The molecule has 1 aliphatic heterocycles. The second-order valence-corrected chi connectivity index (χ2v) is 48.1. The van der Waals surface area contributed by atoms with Crippen LogP contribution < -0.4 is 0 Å². The molecular formula is C6H26O3Si7. The number of hydrogen-bond acceptors (Lipinski definition) is 3.